The molecule has 0 bridgehead atoms. The summed E-state index contributed by atoms with van der Waals surface area (Å²) in [6.45, 7) is 6.09. The van der Waals surface area contributed by atoms with Gasteiger partial charge in [-0.2, -0.15) is 0 Å². The van der Waals surface area contributed by atoms with E-state index >= 15 is 0 Å². The zero-order chi connectivity index (χ0) is 31.8. The molecule has 0 fully saturated rings. The van der Waals surface area contributed by atoms with Crippen molar-refractivity contribution in [2.75, 3.05) is 33.2 Å². The number of anilines is 1. The molecule has 9 nitrogen and oxygen atoms in total. The van der Waals surface area contributed by atoms with Crippen LogP contribution >= 0.6 is 0 Å². The Morgan fingerprint density at radius 1 is 1.02 bits per heavy atom. The average molecular weight is 606 g/mol. The van der Waals surface area contributed by atoms with Crippen molar-refractivity contribution in [2.24, 2.45) is 5.92 Å². The lowest BCUT2D eigenvalue weighted by Gasteiger charge is -2.24. The Balaban J connectivity index is 1.76. The Kier molecular flexibility index (Phi) is 11.3. The van der Waals surface area contributed by atoms with Crippen LogP contribution in [0.3, 0.4) is 0 Å². The number of hydrogen-bond acceptors (Lipinski definition) is 7. The Bertz CT molecular complexity index is 1450. The fraction of sp³-hybridized carbons (Fsp3) is 0.514. The maximum atomic E-state index is 13.8. The van der Waals surface area contributed by atoms with Crippen LogP contribution in [0.25, 0.3) is 11.1 Å². The number of carbonyl (C=O) groups is 2. The number of ether oxygens (including phenoxy) is 3. The van der Waals surface area contributed by atoms with E-state index in [2.05, 4.69) is 22.0 Å². The second kappa shape index (κ2) is 15.1. The molecule has 0 saturated carbocycles. The summed E-state index contributed by atoms with van der Waals surface area (Å²) in [5, 5.41) is 9.43. The van der Waals surface area contributed by atoms with Gasteiger partial charge in [-0.25, -0.2) is 0 Å². The van der Waals surface area contributed by atoms with Crippen LogP contribution in [-0.2, 0) is 16.0 Å². The maximum absolute atomic E-state index is 13.8. The predicted molar refractivity (Wildman–Crippen MR) is 174 cm³/mol. The van der Waals surface area contributed by atoms with Crippen molar-refractivity contribution in [3.8, 4) is 28.4 Å². The molecule has 2 aromatic rings. The van der Waals surface area contributed by atoms with Crippen LogP contribution < -0.4 is 35.6 Å². The van der Waals surface area contributed by atoms with Crippen molar-refractivity contribution in [2.45, 2.75) is 84.2 Å². The molecule has 238 valence electrons. The SMILES string of the molecule is CC[C@@H](C)[C@H](Nc1ccc2c(cc1=O)[C@@H](NC(C)=O)CCc1cc(OC)c(OC)c(OC)c1-2)C(=O)NCCC1=CCCCC1. The first-order chi connectivity index (χ1) is 21.2. The molecule has 44 heavy (non-hydrogen) atoms. The van der Waals surface area contributed by atoms with E-state index < -0.39 is 12.1 Å². The molecule has 3 N–H and O–H groups in total. The monoisotopic (exact) mass is 605 g/mol. The van der Waals surface area contributed by atoms with E-state index in [1.165, 1.54) is 25.3 Å². The first kappa shape index (κ1) is 32.9. The lowest BCUT2D eigenvalue weighted by Crippen LogP contribution is -2.44. The van der Waals surface area contributed by atoms with Crippen molar-refractivity contribution in [1.82, 2.24) is 10.6 Å². The summed E-state index contributed by atoms with van der Waals surface area (Å²) >= 11 is 0. The molecule has 0 heterocycles. The van der Waals surface area contributed by atoms with Crippen molar-refractivity contribution in [3.63, 3.8) is 0 Å². The summed E-state index contributed by atoms with van der Waals surface area (Å²) in [6.07, 6.45) is 9.73. The number of rotatable bonds is 12. The Morgan fingerprint density at radius 2 is 1.80 bits per heavy atom. The van der Waals surface area contributed by atoms with Gasteiger partial charge in [-0.15, -0.1) is 0 Å². The van der Waals surface area contributed by atoms with E-state index in [0.717, 1.165) is 42.4 Å². The molecule has 2 aliphatic carbocycles. The summed E-state index contributed by atoms with van der Waals surface area (Å²) in [5.41, 5.74) is 4.60. The van der Waals surface area contributed by atoms with Gasteiger partial charge in [0.25, 0.3) is 0 Å². The van der Waals surface area contributed by atoms with Crippen LogP contribution in [0, 0.1) is 5.92 Å². The molecule has 0 saturated heterocycles. The molecule has 0 spiro atoms. The molecule has 2 amide bonds. The molecular weight excluding hydrogens is 558 g/mol. The minimum absolute atomic E-state index is 0.0173. The predicted octanol–water partition coefficient (Wildman–Crippen LogP) is 5.70. The average Bonchev–Trinajstić information content (AvgIpc) is 3.26. The number of fused-ring (bicyclic) bond motifs is 3. The first-order valence-electron chi connectivity index (χ1n) is 15.7. The highest BCUT2D eigenvalue weighted by atomic mass is 16.5. The van der Waals surface area contributed by atoms with Crippen LogP contribution in [0.4, 0.5) is 5.69 Å². The standard InChI is InChI=1S/C35H47N3O6/c1-7-21(2)32(35(41)36-18-17-23-11-9-8-10-12-23)38-28-16-14-25-26(20-29(28)40)27(37-22(3)39)15-13-24-19-30(42-4)33(43-5)34(44-6)31(24)25/h11,14,16,19-21,27,32H,7-10,12-13,15,17-18H2,1-6H3,(H,36,41)(H,37,39)(H,38,40)/t21-,27+,32+/m1/s1. The van der Waals surface area contributed by atoms with Crippen LogP contribution in [0.2, 0.25) is 0 Å². The maximum Gasteiger partial charge on any atom is 0.242 e. The van der Waals surface area contributed by atoms with E-state index in [1.807, 2.05) is 26.0 Å². The van der Waals surface area contributed by atoms with Crippen molar-refractivity contribution in [1.29, 1.82) is 0 Å². The lowest BCUT2D eigenvalue weighted by atomic mass is 9.95. The number of benzene rings is 1. The van der Waals surface area contributed by atoms with Crippen molar-refractivity contribution >= 4 is 17.5 Å². The molecule has 3 atom stereocenters. The van der Waals surface area contributed by atoms with Gasteiger partial charge in [0.2, 0.25) is 23.0 Å². The number of carbonyl (C=O) groups excluding carboxylic acids is 2. The summed E-state index contributed by atoms with van der Waals surface area (Å²) < 4.78 is 17.2. The number of hydrogen-bond donors (Lipinski definition) is 3. The van der Waals surface area contributed by atoms with Crippen molar-refractivity contribution in [3.05, 3.63) is 57.3 Å². The number of amides is 2. The molecular formula is C35H47N3O6. The van der Waals surface area contributed by atoms with Gasteiger partial charge in [-0.05, 0) is 85.8 Å². The molecule has 2 aromatic carbocycles. The quantitative estimate of drug-likeness (QED) is 0.266. The third-order valence-corrected chi connectivity index (χ3v) is 8.85. The van der Waals surface area contributed by atoms with Gasteiger partial charge in [-0.3, -0.25) is 14.4 Å². The topological polar surface area (TPSA) is 115 Å². The van der Waals surface area contributed by atoms with E-state index in [0.29, 0.717) is 47.9 Å². The molecule has 0 aliphatic heterocycles. The Labute approximate surface area is 260 Å². The van der Waals surface area contributed by atoms with Gasteiger partial charge in [0.1, 0.15) is 6.04 Å². The van der Waals surface area contributed by atoms with E-state index in [-0.39, 0.29) is 23.2 Å². The first-order valence-corrected chi connectivity index (χ1v) is 15.7. The largest absolute Gasteiger partial charge is 0.493 e. The zero-order valence-corrected chi connectivity index (χ0v) is 26.9. The molecule has 0 aromatic heterocycles. The van der Waals surface area contributed by atoms with Crippen LogP contribution in [0.5, 0.6) is 17.2 Å². The van der Waals surface area contributed by atoms with Gasteiger partial charge in [0.15, 0.2) is 11.5 Å². The summed E-state index contributed by atoms with van der Waals surface area (Å²) in [7, 11) is 4.70. The van der Waals surface area contributed by atoms with Crippen LogP contribution in [0.15, 0.2) is 40.7 Å². The molecule has 4 rings (SSSR count). The van der Waals surface area contributed by atoms with Crippen molar-refractivity contribution < 1.29 is 23.8 Å². The Hall–Kier alpha value is -4.01. The van der Waals surface area contributed by atoms with Gasteiger partial charge in [-0.1, -0.05) is 38.0 Å². The fourth-order valence-electron chi connectivity index (χ4n) is 6.28. The second-order valence-electron chi connectivity index (χ2n) is 11.8. The molecule has 9 heteroatoms. The molecule has 0 radical (unpaired) electrons. The lowest BCUT2D eigenvalue weighted by molar-refractivity contribution is -0.123. The highest BCUT2D eigenvalue weighted by Crippen LogP contribution is 2.50. The minimum atomic E-state index is -0.590. The van der Waals surface area contributed by atoms with Gasteiger partial charge < -0.3 is 30.2 Å². The summed E-state index contributed by atoms with van der Waals surface area (Å²) in [4.78, 5) is 39.5. The fourth-order valence-corrected chi connectivity index (χ4v) is 6.28. The highest BCUT2D eigenvalue weighted by molar-refractivity contribution is 5.86. The third kappa shape index (κ3) is 7.37. The smallest absolute Gasteiger partial charge is 0.242 e. The number of aryl methyl sites for hydroxylation is 1. The van der Waals surface area contributed by atoms with Gasteiger partial charge in [0, 0.05) is 19.0 Å². The summed E-state index contributed by atoms with van der Waals surface area (Å²) in [6, 6.07) is 6.10. The van der Waals surface area contributed by atoms with Gasteiger partial charge >= 0.3 is 0 Å². The number of allylic oxidation sites excluding steroid dienone is 1. The van der Waals surface area contributed by atoms with E-state index in [1.54, 1.807) is 33.5 Å². The van der Waals surface area contributed by atoms with Gasteiger partial charge in [0.05, 0.1) is 33.1 Å². The summed E-state index contributed by atoms with van der Waals surface area (Å²) in [5.74, 6) is 1.15. The van der Waals surface area contributed by atoms with E-state index in [9.17, 15) is 14.4 Å². The van der Waals surface area contributed by atoms with Crippen LogP contribution in [0.1, 0.15) is 82.9 Å². The third-order valence-electron chi connectivity index (χ3n) is 8.85. The zero-order valence-electron chi connectivity index (χ0n) is 26.9. The normalized spacial score (nSPS) is 17.0. The number of methoxy groups -OCH3 is 3. The molecule has 2 aliphatic rings. The number of nitrogens with one attached hydrogen (secondary N) is 3. The minimum Gasteiger partial charge on any atom is -0.493 e. The van der Waals surface area contributed by atoms with E-state index in [4.69, 9.17) is 14.2 Å². The van der Waals surface area contributed by atoms with Crippen LogP contribution in [-0.4, -0.2) is 45.7 Å². The molecule has 0 unspecified atom stereocenters. The second-order valence-corrected chi connectivity index (χ2v) is 11.8. The Morgan fingerprint density at radius 3 is 2.43 bits per heavy atom. The highest BCUT2D eigenvalue weighted by Gasteiger charge is 2.30.